The average molecular weight is 287 g/mol. The molecule has 1 aliphatic rings. The van der Waals surface area contributed by atoms with Gasteiger partial charge in [0.15, 0.2) is 0 Å². The highest BCUT2D eigenvalue weighted by Crippen LogP contribution is 2.29. The van der Waals surface area contributed by atoms with Crippen LogP contribution in [0.3, 0.4) is 0 Å². The highest BCUT2D eigenvalue weighted by atomic mass is 16.3. The van der Waals surface area contributed by atoms with Gasteiger partial charge in [0.05, 0.1) is 5.76 Å². The molecule has 2 rings (SSSR count). The second-order valence-corrected chi connectivity index (χ2v) is 6.01. The van der Waals surface area contributed by atoms with E-state index in [1.54, 1.807) is 0 Å². The largest absolute Gasteiger partial charge is 0.513 e. The average Bonchev–Trinajstić information content (AvgIpc) is 2.49. The molecule has 1 aliphatic carbocycles. The lowest BCUT2D eigenvalue weighted by atomic mass is 9.92. The summed E-state index contributed by atoms with van der Waals surface area (Å²) in [5.41, 5.74) is 0.963. The lowest BCUT2D eigenvalue weighted by Crippen LogP contribution is -2.44. The van der Waals surface area contributed by atoms with E-state index in [1.807, 2.05) is 42.2 Å². The molecule has 0 heterocycles. The van der Waals surface area contributed by atoms with Crippen LogP contribution in [-0.4, -0.2) is 17.1 Å². The summed E-state index contributed by atoms with van der Waals surface area (Å²) in [7, 11) is 0. The number of hydrogen-bond donors (Lipinski definition) is 1. The molecule has 1 fully saturated rings. The van der Waals surface area contributed by atoms with Crippen LogP contribution in [-0.2, 0) is 4.79 Å². The molecule has 0 radical (unpaired) electrons. The zero-order chi connectivity index (χ0) is 15.2. The van der Waals surface area contributed by atoms with Gasteiger partial charge in [-0.25, -0.2) is 0 Å². The van der Waals surface area contributed by atoms with Crippen molar-refractivity contribution in [3.63, 3.8) is 0 Å². The van der Waals surface area contributed by atoms with E-state index in [0.29, 0.717) is 6.42 Å². The maximum Gasteiger partial charge on any atom is 0.230 e. The fourth-order valence-electron chi connectivity index (χ4n) is 3.12. The first-order chi connectivity index (χ1) is 10.1. The van der Waals surface area contributed by atoms with Gasteiger partial charge in [-0.2, -0.15) is 0 Å². The molecule has 1 aromatic rings. The summed E-state index contributed by atoms with van der Waals surface area (Å²) in [6, 6.07) is 10.2. The van der Waals surface area contributed by atoms with Gasteiger partial charge in [0.25, 0.3) is 0 Å². The quantitative estimate of drug-likeness (QED) is 0.813. The predicted octanol–water partition coefficient (Wildman–Crippen LogP) is 4.45. The van der Waals surface area contributed by atoms with Crippen LogP contribution in [0.25, 0.3) is 0 Å². The normalized spacial score (nSPS) is 17.2. The van der Waals surface area contributed by atoms with Crippen molar-refractivity contribution >= 4 is 11.6 Å². The Hall–Kier alpha value is -1.77. The van der Waals surface area contributed by atoms with E-state index in [9.17, 15) is 9.90 Å². The summed E-state index contributed by atoms with van der Waals surface area (Å²) in [5, 5.41) is 9.37. The number of allylic oxidation sites excluding steroid dienone is 1. The van der Waals surface area contributed by atoms with Crippen molar-refractivity contribution in [3.05, 3.63) is 42.7 Å². The molecule has 114 valence electrons. The van der Waals surface area contributed by atoms with Crippen molar-refractivity contribution in [2.45, 2.75) is 51.5 Å². The van der Waals surface area contributed by atoms with Crippen LogP contribution in [0.1, 0.15) is 45.4 Å². The van der Waals surface area contributed by atoms with Gasteiger partial charge in [0.1, 0.15) is 0 Å². The molecule has 21 heavy (non-hydrogen) atoms. The fourth-order valence-corrected chi connectivity index (χ4v) is 3.12. The third-order valence-electron chi connectivity index (χ3n) is 4.18. The van der Waals surface area contributed by atoms with E-state index in [4.69, 9.17) is 0 Å². The first-order valence-corrected chi connectivity index (χ1v) is 7.84. The molecular formula is C18H25NO2. The number of anilines is 1. The van der Waals surface area contributed by atoms with Gasteiger partial charge in [-0.3, -0.25) is 4.79 Å². The van der Waals surface area contributed by atoms with Gasteiger partial charge in [0.2, 0.25) is 5.91 Å². The Morgan fingerprint density at radius 1 is 1.29 bits per heavy atom. The Morgan fingerprint density at radius 3 is 2.48 bits per heavy atom. The number of aliphatic hydroxyl groups excluding tert-OH is 1. The van der Waals surface area contributed by atoms with Gasteiger partial charge in [0, 0.05) is 24.1 Å². The molecule has 1 atom stereocenters. The van der Waals surface area contributed by atoms with Gasteiger partial charge >= 0.3 is 0 Å². The van der Waals surface area contributed by atoms with Gasteiger partial charge < -0.3 is 10.0 Å². The summed E-state index contributed by atoms with van der Waals surface area (Å²) in [5.74, 6) is -0.0829. The highest BCUT2D eigenvalue weighted by Gasteiger charge is 2.29. The Kier molecular flexibility index (Phi) is 5.43. The Bertz CT molecular complexity index is 477. The van der Waals surface area contributed by atoms with E-state index in [1.165, 1.54) is 19.3 Å². The van der Waals surface area contributed by atoms with Crippen LogP contribution >= 0.6 is 0 Å². The molecule has 3 heteroatoms. The van der Waals surface area contributed by atoms with Crippen LogP contribution < -0.4 is 4.90 Å². The summed E-state index contributed by atoms with van der Waals surface area (Å²) in [6.07, 6.45) is 6.08. The second-order valence-electron chi connectivity index (χ2n) is 6.01. The number of amides is 1. The second kappa shape index (κ2) is 7.30. The topological polar surface area (TPSA) is 40.5 Å². The van der Waals surface area contributed by atoms with Crippen molar-refractivity contribution in [3.8, 4) is 0 Å². The zero-order valence-corrected chi connectivity index (χ0v) is 12.8. The summed E-state index contributed by atoms with van der Waals surface area (Å²) >= 11 is 0. The van der Waals surface area contributed by atoms with Crippen molar-refractivity contribution in [2.75, 3.05) is 4.90 Å². The number of nitrogens with zero attached hydrogens (tertiary/aromatic N) is 1. The van der Waals surface area contributed by atoms with Crippen molar-refractivity contribution in [1.82, 2.24) is 0 Å². The smallest absolute Gasteiger partial charge is 0.230 e. The monoisotopic (exact) mass is 287 g/mol. The summed E-state index contributed by atoms with van der Waals surface area (Å²) in [4.78, 5) is 14.8. The maximum atomic E-state index is 12.9. The van der Waals surface area contributed by atoms with E-state index in [2.05, 4.69) is 6.58 Å². The molecule has 1 aromatic carbocycles. The summed E-state index contributed by atoms with van der Waals surface area (Å²) < 4.78 is 0. The fraction of sp³-hybridized carbons (Fsp3) is 0.500. The molecule has 0 saturated heterocycles. The van der Waals surface area contributed by atoms with Gasteiger partial charge in [-0.15, -0.1) is 0 Å². The first kappa shape index (κ1) is 15.6. The van der Waals surface area contributed by atoms with Crippen LogP contribution in [0.2, 0.25) is 0 Å². The zero-order valence-electron chi connectivity index (χ0n) is 12.8. The third-order valence-corrected chi connectivity index (χ3v) is 4.18. The number of rotatable bonds is 5. The first-order valence-electron chi connectivity index (χ1n) is 7.84. The van der Waals surface area contributed by atoms with Crippen LogP contribution in [0.15, 0.2) is 42.7 Å². The Morgan fingerprint density at radius 2 is 1.90 bits per heavy atom. The molecule has 0 bridgehead atoms. The lowest BCUT2D eigenvalue weighted by molar-refractivity contribution is -0.122. The molecule has 1 amide bonds. The Labute approximate surface area is 127 Å². The molecule has 1 unspecified atom stereocenters. The SMILES string of the molecule is C=C(O)CC(C)C(=O)N(c1ccccc1)C1CCCCC1. The number of aliphatic hydroxyl groups is 1. The van der Waals surface area contributed by atoms with Crippen molar-refractivity contribution < 1.29 is 9.90 Å². The van der Waals surface area contributed by atoms with Crippen LogP contribution in [0, 0.1) is 5.92 Å². The van der Waals surface area contributed by atoms with E-state index in [0.717, 1.165) is 18.5 Å². The minimum absolute atomic E-state index is 0.0764. The standard InChI is InChI=1S/C18H25NO2/c1-14(13-15(2)20)18(21)19(16-9-5-3-6-10-16)17-11-7-4-8-12-17/h3,5-6,9-10,14,17,20H,2,4,7-8,11-13H2,1H3. The summed E-state index contributed by atoms with van der Waals surface area (Å²) in [6.45, 7) is 5.37. The number of carbonyl (C=O) groups is 1. The maximum absolute atomic E-state index is 12.9. The molecule has 1 saturated carbocycles. The van der Waals surface area contributed by atoms with Gasteiger partial charge in [-0.1, -0.05) is 51.0 Å². The minimum atomic E-state index is -0.246. The van der Waals surface area contributed by atoms with Crippen LogP contribution in [0.5, 0.6) is 0 Å². The number of hydrogen-bond acceptors (Lipinski definition) is 2. The van der Waals surface area contributed by atoms with Crippen molar-refractivity contribution in [2.24, 2.45) is 5.92 Å². The third kappa shape index (κ3) is 4.10. The van der Waals surface area contributed by atoms with E-state index < -0.39 is 0 Å². The van der Waals surface area contributed by atoms with Gasteiger partial charge in [-0.05, 0) is 25.0 Å². The van der Waals surface area contributed by atoms with E-state index >= 15 is 0 Å². The molecule has 0 aliphatic heterocycles. The molecule has 1 N–H and O–H groups in total. The number of para-hydroxylation sites is 1. The Balaban J connectivity index is 2.22. The minimum Gasteiger partial charge on any atom is -0.513 e. The molecule has 0 spiro atoms. The molecular weight excluding hydrogens is 262 g/mol. The number of carbonyl (C=O) groups excluding carboxylic acids is 1. The lowest BCUT2D eigenvalue weighted by Gasteiger charge is -2.36. The predicted molar refractivity (Wildman–Crippen MR) is 86.4 cm³/mol. The molecule has 3 nitrogen and oxygen atoms in total. The highest BCUT2D eigenvalue weighted by molar-refractivity contribution is 5.95. The van der Waals surface area contributed by atoms with Crippen LogP contribution in [0.4, 0.5) is 5.69 Å². The number of benzene rings is 1. The van der Waals surface area contributed by atoms with Crippen molar-refractivity contribution in [1.29, 1.82) is 0 Å². The van der Waals surface area contributed by atoms with E-state index in [-0.39, 0.29) is 23.6 Å². The molecule has 0 aromatic heterocycles.